The van der Waals surface area contributed by atoms with E-state index in [0.717, 1.165) is 35.7 Å². The first-order valence-corrected chi connectivity index (χ1v) is 9.30. The third-order valence-electron chi connectivity index (χ3n) is 4.94. The van der Waals surface area contributed by atoms with Gasteiger partial charge in [-0.15, -0.1) is 0 Å². The van der Waals surface area contributed by atoms with Crippen molar-refractivity contribution in [2.75, 3.05) is 10.2 Å². The zero-order valence-corrected chi connectivity index (χ0v) is 16.0. The maximum Gasteiger partial charge on any atom is 0.417 e. The van der Waals surface area contributed by atoms with Crippen LogP contribution in [0.5, 0.6) is 0 Å². The molecule has 0 radical (unpaired) electrons. The molecule has 1 aliphatic rings. The van der Waals surface area contributed by atoms with E-state index in [1.54, 1.807) is 6.07 Å². The van der Waals surface area contributed by atoms with Crippen molar-refractivity contribution in [2.24, 2.45) is 0 Å². The summed E-state index contributed by atoms with van der Waals surface area (Å²) in [4.78, 5) is 20.5. The molecule has 1 heterocycles. The van der Waals surface area contributed by atoms with Gasteiger partial charge in [-0.1, -0.05) is 18.2 Å². The van der Waals surface area contributed by atoms with Crippen molar-refractivity contribution in [2.45, 2.75) is 25.1 Å². The zero-order chi connectivity index (χ0) is 22.2. The van der Waals surface area contributed by atoms with Gasteiger partial charge in [0.2, 0.25) is 0 Å². The zero-order valence-electron chi connectivity index (χ0n) is 16.0. The number of benzene rings is 2. The Hall–Kier alpha value is -3.66. The van der Waals surface area contributed by atoms with E-state index in [1.165, 1.54) is 12.1 Å². The summed E-state index contributed by atoms with van der Waals surface area (Å²) in [6.07, 6.45) is -4.43. The van der Waals surface area contributed by atoms with Crippen LogP contribution in [0.1, 0.15) is 16.7 Å². The Kier molecular flexibility index (Phi) is 5.24. The van der Waals surface area contributed by atoms with Crippen LogP contribution >= 0.6 is 0 Å². The van der Waals surface area contributed by atoms with Crippen molar-refractivity contribution in [3.05, 3.63) is 71.5 Å². The molecule has 10 heteroatoms. The van der Waals surface area contributed by atoms with Gasteiger partial charge in [0.1, 0.15) is 18.0 Å². The number of carbonyl (C=O) groups is 1. The highest BCUT2D eigenvalue weighted by Crippen LogP contribution is 2.35. The standard InChI is InChI=1S/C21H17F3N4O3/c22-21(23,24)13-4-2-5-14(8-13)28(20(30)31)19-10-18(25-11-26-19)27-17-6-1-3-12-7-15(29)9-16(12)17/h1-6,8,10-11,15,29H,7,9H2,(H,30,31)(H,25,26,27). The van der Waals surface area contributed by atoms with E-state index in [2.05, 4.69) is 15.3 Å². The fraction of sp³-hybridized carbons (Fsp3) is 0.190. The summed E-state index contributed by atoms with van der Waals surface area (Å²) in [5.74, 6) is 0.148. The molecular weight excluding hydrogens is 413 g/mol. The molecular formula is C21H17F3N4O3. The first-order valence-electron chi connectivity index (χ1n) is 9.30. The van der Waals surface area contributed by atoms with Crippen molar-refractivity contribution in [3.63, 3.8) is 0 Å². The van der Waals surface area contributed by atoms with E-state index in [9.17, 15) is 28.2 Å². The average Bonchev–Trinajstić information content (AvgIpc) is 3.09. The molecule has 0 saturated heterocycles. The van der Waals surface area contributed by atoms with Crippen LogP contribution in [0.3, 0.4) is 0 Å². The molecule has 7 nitrogen and oxygen atoms in total. The van der Waals surface area contributed by atoms with Gasteiger partial charge < -0.3 is 15.5 Å². The maximum atomic E-state index is 13.1. The Labute approximate surface area is 174 Å². The van der Waals surface area contributed by atoms with Crippen LogP contribution < -0.4 is 10.2 Å². The molecule has 31 heavy (non-hydrogen) atoms. The number of halogens is 3. The Morgan fingerprint density at radius 3 is 2.61 bits per heavy atom. The van der Waals surface area contributed by atoms with Crippen molar-refractivity contribution < 1.29 is 28.2 Å². The number of amides is 1. The van der Waals surface area contributed by atoms with Gasteiger partial charge in [0.05, 0.1) is 17.4 Å². The van der Waals surface area contributed by atoms with Gasteiger partial charge in [-0.05, 0) is 41.8 Å². The average molecular weight is 430 g/mol. The van der Waals surface area contributed by atoms with Crippen LogP contribution in [0.2, 0.25) is 0 Å². The van der Waals surface area contributed by atoms with Gasteiger partial charge >= 0.3 is 12.3 Å². The fourth-order valence-corrected chi connectivity index (χ4v) is 3.58. The molecule has 1 unspecified atom stereocenters. The Bertz CT molecular complexity index is 1140. The third-order valence-corrected chi connectivity index (χ3v) is 4.94. The van der Waals surface area contributed by atoms with Gasteiger partial charge in [0.25, 0.3) is 0 Å². The highest BCUT2D eigenvalue weighted by Gasteiger charge is 2.32. The quantitative estimate of drug-likeness (QED) is 0.563. The summed E-state index contributed by atoms with van der Waals surface area (Å²) in [5.41, 5.74) is 1.48. The summed E-state index contributed by atoms with van der Waals surface area (Å²) in [6, 6.07) is 10.9. The second kappa shape index (κ2) is 7.88. The molecule has 1 atom stereocenters. The summed E-state index contributed by atoms with van der Waals surface area (Å²) < 4.78 is 39.2. The monoisotopic (exact) mass is 430 g/mol. The largest absolute Gasteiger partial charge is 0.464 e. The smallest absolute Gasteiger partial charge is 0.417 e. The minimum atomic E-state index is -4.61. The van der Waals surface area contributed by atoms with E-state index in [1.807, 2.05) is 12.1 Å². The minimum absolute atomic E-state index is 0.114. The molecule has 1 aromatic heterocycles. The van der Waals surface area contributed by atoms with Crippen LogP contribution in [0.25, 0.3) is 0 Å². The van der Waals surface area contributed by atoms with Crippen LogP contribution in [-0.2, 0) is 19.0 Å². The second-order valence-corrected chi connectivity index (χ2v) is 7.06. The van der Waals surface area contributed by atoms with Crippen LogP contribution in [0.4, 0.5) is 41.0 Å². The number of aliphatic hydroxyl groups excluding tert-OH is 1. The lowest BCUT2D eigenvalue weighted by Gasteiger charge is -2.20. The Morgan fingerprint density at radius 1 is 1.10 bits per heavy atom. The highest BCUT2D eigenvalue weighted by molar-refractivity contribution is 5.94. The molecule has 2 aromatic carbocycles. The van der Waals surface area contributed by atoms with Crippen LogP contribution in [0.15, 0.2) is 54.9 Å². The summed E-state index contributed by atoms with van der Waals surface area (Å²) >= 11 is 0. The van der Waals surface area contributed by atoms with Crippen molar-refractivity contribution >= 4 is 29.1 Å². The topological polar surface area (TPSA) is 98.6 Å². The number of carboxylic acid groups (broad SMARTS) is 1. The van der Waals surface area contributed by atoms with Gasteiger partial charge in [-0.3, -0.25) is 0 Å². The number of fused-ring (bicyclic) bond motifs is 1. The number of aromatic nitrogens is 2. The van der Waals surface area contributed by atoms with E-state index >= 15 is 0 Å². The summed E-state index contributed by atoms with van der Waals surface area (Å²) in [7, 11) is 0. The Morgan fingerprint density at radius 2 is 1.87 bits per heavy atom. The van der Waals surface area contributed by atoms with Gasteiger partial charge in [-0.2, -0.15) is 13.2 Å². The van der Waals surface area contributed by atoms with Gasteiger partial charge in [0, 0.05) is 18.2 Å². The molecule has 0 bridgehead atoms. The molecule has 160 valence electrons. The van der Waals surface area contributed by atoms with E-state index in [-0.39, 0.29) is 17.3 Å². The predicted molar refractivity (Wildman–Crippen MR) is 107 cm³/mol. The minimum Gasteiger partial charge on any atom is -0.464 e. The number of nitrogens with zero attached hydrogens (tertiary/aromatic N) is 3. The number of hydrogen-bond acceptors (Lipinski definition) is 5. The van der Waals surface area contributed by atoms with Crippen molar-refractivity contribution in [1.29, 1.82) is 0 Å². The lowest BCUT2D eigenvalue weighted by atomic mass is 10.1. The van der Waals surface area contributed by atoms with Crippen molar-refractivity contribution in [1.82, 2.24) is 9.97 Å². The number of alkyl halides is 3. The molecule has 3 N–H and O–H groups in total. The van der Waals surface area contributed by atoms with E-state index in [4.69, 9.17) is 0 Å². The maximum absolute atomic E-state index is 13.1. The molecule has 1 amide bonds. The lowest BCUT2D eigenvalue weighted by Crippen LogP contribution is -2.25. The van der Waals surface area contributed by atoms with Gasteiger partial charge in [0.15, 0.2) is 0 Å². The first-order chi connectivity index (χ1) is 14.7. The van der Waals surface area contributed by atoms with E-state index < -0.39 is 23.9 Å². The molecule has 0 spiro atoms. The SMILES string of the molecule is O=C(O)N(c1cccc(C(F)(F)F)c1)c1cc(Nc2cccc3c2CC(O)C3)ncn1. The van der Waals surface area contributed by atoms with Crippen LogP contribution in [-0.4, -0.2) is 32.4 Å². The number of aliphatic hydroxyl groups is 1. The number of rotatable bonds is 4. The molecule has 0 aliphatic heterocycles. The normalized spacial score (nSPS) is 15.4. The van der Waals surface area contributed by atoms with Crippen LogP contribution in [0, 0.1) is 0 Å². The lowest BCUT2D eigenvalue weighted by molar-refractivity contribution is -0.137. The molecule has 0 saturated carbocycles. The number of hydrogen-bond donors (Lipinski definition) is 3. The summed E-state index contributed by atoms with van der Waals surface area (Å²) in [6.45, 7) is 0. The number of nitrogens with one attached hydrogen (secondary N) is 1. The molecule has 3 aromatic rings. The predicted octanol–water partition coefficient (Wildman–Crippen LogP) is 4.51. The molecule has 4 rings (SSSR count). The first kappa shape index (κ1) is 20.6. The second-order valence-electron chi connectivity index (χ2n) is 7.06. The molecule has 1 aliphatic carbocycles. The third kappa shape index (κ3) is 4.29. The fourth-order valence-electron chi connectivity index (χ4n) is 3.58. The van der Waals surface area contributed by atoms with Crippen molar-refractivity contribution in [3.8, 4) is 0 Å². The summed E-state index contributed by atoms with van der Waals surface area (Å²) in [5, 5.41) is 22.7. The Balaban J connectivity index is 1.67. The molecule has 0 fully saturated rings. The highest BCUT2D eigenvalue weighted by atomic mass is 19.4. The number of anilines is 4. The van der Waals surface area contributed by atoms with Gasteiger partial charge in [-0.25, -0.2) is 19.7 Å². The van der Waals surface area contributed by atoms with E-state index in [0.29, 0.717) is 23.4 Å².